The molecule has 1 aromatic carbocycles. The summed E-state index contributed by atoms with van der Waals surface area (Å²) in [6, 6.07) is -0.410. The molecule has 0 radical (unpaired) electrons. The zero-order valence-corrected chi connectivity index (χ0v) is 34.3. The number of fused-ring (bicyclic) bond motifs is 4. The van der Waals surface area contributed by atoms with Crippen LogP contribution in [0.25, 0.3) is 6.08 Å². The van der Waals surface area contributed by atoms with Crippen molar-refractivity contribution in [2.75, 3.05) is 13.0 Å². The summed E-state index contributed by atoms with van der Waals surface area (Å²) in [5, 5.41) is 0. The predicted molar refractivity (Wildman–Crippen MR) is 212 cm³/mol. The standard InChI is InChI=1S/C44H50ClN3O8/c1-23(2)11-10-16-42(8)17-15-27-35(54-42)26(13-12-24(3)4)37-31(36(27)53-30(49)22-45)33-32-34(48-20-19-46-40(48)47-33)28-21-29-41(6,7)56-43(38(28)50,44(29,32)55-37)18-14-25(5)39(51)52-9/h11-12,14-15,17,19-20,28-29,32,34H,10,13,16,18,21-22H2,1-9H3. The summed E-state index contributed by atoms with van der Waals surface area (Å²) >= 11 is 6.13. The number of aromatic nitrogens is 2. The van der Waals surface area contributed by atoms with Gasteiger partial charge < -0.3 is 28.3 Å². The molecule has 7 atom stereocenters. The number of allylic oxidation sites excluding steroid dienone is 4. The van der Waals surface area contributed by atoms with Crippen LogP contribution >= 0.6 is 11.6 Å². The number of imidazole rings is 1. The molecular weight excluding hydrogens is 734 g/mol. The van der Waals surface area contributed by atoms with Crippen LogP contribution in [0, 0.1) is 17.8 Å². The van der Waals surface area contributed by atoms with Gasteiger partial charge in [0.15, 0.2) is 22.7 Å². The Hall–Kier alpha value is -4.48. The molecule has 3 aliphatic carbocycles. The van der Waals surface area contributed by atoms with E-state index in [1.165, 1.54) is 12.7 Å². The second kappa shape index (κ2) is 13.3. The van der Waals surface area contributed by atoms with Crippen molar-refractivity contribution in [1.82, 2.24) is 9.55 Å². The lowest BCUT2D eigenvalue weighted by atomic mass is 9.44. The van der Waals surface area contributed by atoms with Gasteiger partial charge in [0.25, 0.3) is 0 Å². The van der Waals surface area contributed by atoms with Gasteiger partial charge in [0.05, 0.1) is 41.5 Å². The number of benzene rings is 1. The summed E-state index contributed by atoms with van der Waals surface area (Å²) in [5.41, 5.74) is 0.818. The highest BCUT2D eigenvalue weighted by atomic mass is 35.5. The maximum Gasteiger partial charge on any atom is 0.333 e. The van der Waals surface area contributed by atoms with Crippen LogP contribution in [0.4, 0.5) is 5.95 Å². The maximum atomic E-state index is 15.4. The minimum Gasteiger partial charge on any atom is -0.482 e. The molecule has 296 valence electrons. The highest BCUT2D eigenvalue weighted by molar-refractivity contribution is 6.26. The van der Waals surface area contributed by atoms with Gasteiger partial charge in [0, 0.05) is 41.8 Å². The zero-order valence-electron chi connectivity index (χ0n) is 33.6. The number of methoxy groups -OCH3 is 1. The summed E-state index contributed by atoms with van der Waals surface area (Å²) in [7, 11) is 1.34. The van der Waals surface area contributed by atoms with E-state index in [0.717, 1.165) is 17.6 Å². The maximum absolute atomic E-state index is 15.4. The molecule has 1 spiro atoms. The first kappa shape index (κ1) is 38.4. The quantitative estimate of drug-likeness (QED) is 0.0772. The number of carbonyl (C=O) groups is 3. The number of hydrogen-bond acceptors (Lipinski definition) is 10. The Morgan fingerprint density at radius 1 is 1.05 bits per heavy atom. The molecule has 9 rings (SSSR count). The van der Waals surface area contributed by atoms with Gasteiger partial charge in [-0.2, -0.15) is 0 Å². The second-order valence-corrected chi connectivity index (χ2v) is 17.6. The second-order valence-electron chi connectivity index (χ2n) is 17.3. The highest BCUT2D eigenvalue weighted by Gasteiger charge is 2.85. The summed E-state index contributed by atoms with van der Waals surface area (Å²) in [4.78, 5) is 51.3. The lowest BCUT2D eigenvalue weighted by Crippen LogP contribution is -2.79. The number of alkyl halides is 1. The van der Waals surface area contributed by atoms with Crippen LogP contribution in [0.2, 0.25) is 0 Å². The topological polar surface area (TPSA) is 128 Å². The Morgan fingerprint density at radius 3 is 2.50 bits per heavy atom. The Labute approximate surface area is 332 Å². The molecule has 4 aliphatic heterocycles. The van der Waals surface area contributed by atoms with Crippen LogP contribution < -0.4 is 14.2 Å². The van der Waals surface area contributed by atoms with Crippen molar-refractivity contribution in [3.63, 3.8) is 0 Å². The van der Waals surface area contributed by atoms with Crippen LogP contribution in [0.3, 0.4) is 0 Å². The fourth-order valence-electron chi connectivity index (χ4n) is 10.4. The number of rotatable bonds is 10. The lowest BCUT2D eigenvalue weighted by Gasteiger charge is -2.64. The number of hydrogen-bond donors (Lipinski definition) is 0. The van der Waals surface area contributed by atoms with Crippen LogP contribution in [0.1, 0.15) is 104 Å². The third-order valence-corrected chi connectivity index (χ3v) is 13.0. The van der Waals surface area contributed by atoms with Crippen molar-refractivity contribution in [3.8, 4) is 17.2 Å². The first-order chi connectivity index (χ1) is 26.5. The highest BCUT2D eigenvalue weighted by Crippen LogP contribution is 2.73. The average molecular weight is 784 g/mol. The third kappa shape index (κ3) is 5.43. The molecule has 56 heavy (non-hydrogen) atoms. The van der Waals surface area contributed by atoms with E-state index >= 15 is 4.79 Å². The van der Waals surface area contributed by atoms with E-state index < -0.39 is 52.2 Å². The van der Waals surface area contributed by atoms with Crippen molar-refractivity contribution in [3.05, 3.63) is 70.1 Å². The summed E-state index contributed by atoms with van der Waals surface area (Å²) in [5.74, 6) is -1.23. The molecule has 1 aromatic heterocycles. The van der Waals surface area contributed by atoms with Crippen molar-refractivity contribution < 1.29 is 38.1 Å². The molecule has 4 fully saturated rings. The molecule has 0 N–H and O–H groups in total. The molecule has 4 bridgehead atoms. The van der Waals surface area contributed by atoms with Crippen LogP contribution in [-0.2, 0) is 30.3 Å². The van der Waals surface area contributed by atoms with E-state index in [2.05, 4.69) is 31.0 Å². The van der Waals surface area contributed by atoms with E-state index in [0.29, 0.717) is 59.1 Å². The normalized spacial score (nSPS) is 30.8. The van der Waals surface area contributed by atoms with E-state index in [1.54, 1.807) is 19.2 Å². The molecule has 3 saturated carbocycles. The predicted octanol–water partition coefficient (Wildman–Crippen LogP) is 8.15. The molecule has 12 heteroatoms. The number of nitrogens with zero attached hydrogens (tertiary/aromatic N) is 3. The Morgan fingerprint density at radius 2 is 1.80 bits per heavy atom. The van der Waals surface area contributed by atoms with Crippen molar-refractivity contribution >= 4 is 47.1 Å². The number of Topliss-reactive ketones (excluding diaryl/α,β-unsaturated/α-hetero) is 1. The van der Waals surface area contributed by atoms with Gasteiger partial charge >= 0.3 is 11.9 Å². The van der Waals surface area contributed by atoms with Gasteiger partial charge in [-0.05, 0) is 93.2 Å². The van der Waals surface area contributed by atoms with Crippen molar-refractivity contribution in [2.24, 2.45) is 22.7 Å². The van der Waals surface area contributed by atoms with Gasteiger partial charge in [0.1, 0.15) is 23.0 Å². The van der Waals surface area contributed by atoms with E-state index in [-0.39, 0.29) is 29.8 Å². The molecule has 0 amide bonds. The van der Waals surface area contributed by atoms with E-state index in [1.807, 2.05) is 57.5 Å². The number of aliphatic imine (C=N–C) groups is 1. The van der Waals surface area contributed by atoms with Crippen molar-refractivity contribution in [1.29, 1.82) is 0 Å². The van der Waals surface area contributed by atoms with E-state index in [4.69, 9.17) is 40.3 Å². The lowest BCUT2D eigenvalue weighted by molar-refractivity contribution is -0.206. The largest absolute Gasteiger partial charge is 0.482 e. The molecule has 5 heterocycles. The van der Waals surface area contributed by atoms with Gasteiger partial charge in [-0.1, -0.05) is 29.4 Å². The Kier molecular flexibility index (Phi) is 9.12. The minimum atomic E-state index is -1.51. The smallest absolute Gasteiger partial charge is 0.333 e. The summed E-state index contributed by atoms with van der Waals surface area (Å²) in [6.45, 7) is 16.0. The number of esters is 2. The van der Waals surface area contributed by atoms with Crippen LogP contribution in [-0.4, -0.2) is 68.4 Å². The van der Waals surface area contributed by atoms with Gasteiger partial charge in [0.2, 0.25) is 5.95 Å². The van der Waals surface area contributed by atoms with Gasteiger partial charge in [-0.15, -0.1) is 11.6 Å². The van der Waals surface area contributed by atoms with Gasteiger partial charge in [-0.25, -0.2) is 14.8 Å². The number of ether oxygens (including phenoxy) is 5. The van der Waals surface area contributed by atoms with Gasteiger partial charge in [-0.3, -0.25) is 9.59 Å². The summed E-state index contributed by atoms with van der Waals surface area (Å²) < 4.78 is 35.2. The molecule has 2 aromatic rings. The molecule has 1 saturated heterocycles. The van der Waals surface area contributed by atoms with Crippen molar-refractivity contribution in [2.45, 2.75) is 116 Å². The fraction of sp³-hybridized carbons (Fsp3) is 0.523. The summed E-state index contributed by atoms with van der Waals surface area (Å²) in [6.07, 6.45) is 16.1. The molecule has 11 nitrogen and oxygen atoms in total. The average Bonchev–Trinajstić information content (AvgIpc) is 3.67. The zero-order chi connectivity index (χ0) is 40.1. The Bertz CT molecular complexity index is 2220. The molecule has 7 aliphatic rings. The Balaban J connectivity index is 1.45. The van der Waals surface area contributed by atoms with Crippen LogP contribution in [0.15, 0.2) is 58.4 Å². The first-order valence-electron chi connectivity index (χ1n) is 19.5. The first-order valence-corrected chi connectivity index (χ1v) is 20.0. The van der Waals surface area contributed by atoms with E-state index in [9.17, 15) is 9.59 Å². The molecular formula is C44H50ClN3O8. The third-order valence-electron chi connectivity index (χ3n) is 12.7. The monoisotopic (exact) mass is 783 g/mol. The SMILES string of the molecule is COC(=O)C(C)=CCC12OC(C)(C)C3CC(C1=O)C1C4C(=Nc5nccn51)c1c(OC(=O)CCl)c5c(c(CC=C(C)C)c1OC432)OC(C)(CCC=C(C)C)C=C5. The fourth-order valence-corrected chi connectivity index (χ4v) is 10.4. The van der Waals surface area contributed by atoms with Crippen LogP contribution in [0.5, 0.6) is 17.2 Å². The number of halogens is 1. The molecule has 7 unspecified atom stereocenters. The number of ketones is 1. The number of carbonyl (C=O) groups excluding carboxylic acids is 3. The minimum absolute atomic E-state index is 0.0792.